The molecule has 0 fully saturated rings. The van der Waals surface area contributed by atoms with E-state index in [0.29, 0.717) is 25.8 Å². The number of aliphatic carboxylic acids is 1. The van der Waals surface area contributed by atoms with E-state index in [4.69, 9.17) is 16.4 Å². The first-order valence-electron chi connectivity index (χ1n) is 5.44. The summed E-state index contributed by atoms with van der Waals surface area (Å²) in [6.45, 7) is 1.78. The zero-order valence-corrected chi connectivity index (χ0v) is 10.1. The second-order valence-electron chi connectivity index (χ2n) is 3.58. The number of carboxylic acids is 1. The lowest BCUT2D eigenvalue weighted by Gasteiger charge is -2.09. The van der Waals surface area contributed by atoms with Gasteiger partial charge in [0.25, 0.3) is 0 Å². The Morgan fingerprint density at radius 2 is 2.22 bits per heavy atom. The summed E-state index contributed by atoms with van der Waals surface area (Å²) in [6.07, 6.45) is -0.0276. The van der Waals surface area contributed by atoms with Crippen LogP contribution in [0, 0.1) is 0 Å². The number of carbonyl (C=O) groups is 2. The van der Waals surface area contributed by atoms with Crippen molar-refractivity contribution in [2.24, 2.45) is 10.8 Å². The lowest BCUT2D eigenvalue weighted by atomic mass is 10.1. The van der Waals surface area contributed by atoms with Crippen molar-refractivity contribution < 1.29 is 19.4 Å². The zero-order valence-electron chi connectivity index (χ0n) is 10.1. The highest BCUT2D eigenvalue weighted by Crippen LogP contribution is 1.99. The second kappa shape index (κ2) is 9.08. The minimum atomic E-state index is -1.04. The summed E-state index contributed by atoms with van der Waals surface area (Å²) in [5, 5.41) is 14.1. The predicted octanol–water partition coefficient (Wildman–Crippen LogP) is 0.951. The average Bonchev–Trinajstić information content (AvgIpc) is 2.28. The molecule has 102 valence electrons. The number of alkyl carbamates (subject to hydrolysis) is 1. The Kier molecular flexibility index (Phi) is 8.08. The molecule has 18 heavy (non-hydrogen) atoms. The molecule has 1 unspecified atom stereocenters. The van der Waals surface area contributed by atoms with Gasteiger partial charge in [0.2, 0.25) is 0 Å². The van der Waals surface area contributed by atoms with E-state index in [1.165, 1.54) is 6.92 Å². The number of nitrogens with two attached hydrogens (primary N) is 1. The van der Waals surface area contributed by atoms with Gasteiger partial charge in [-0.3, -0.25) is 4.79 Å². The van der Waals surface area contributed by atoms with Crippen LogP contribution < -0.4 is 11.1 Å². The SMILES string of the molecule is CC(N=[N+]=[N-])OC(=O)NCCCC[C@H](N)C(=O)O. The molecule has 0 rings (SSSR count). The molecule has 0 aromatic heterocycles. The van der Waals surface area contributed by atoms with Crippen molar-refractivity contribution in [2.75, 3.05) is 6.54 Å². The number of amides is 1. The highest BCUT2D eigenvalue weighted by molar-refractivity contribution is 5.72. The van der Waals surface area contributed by atoms with Gasteiger partial charge < -0.3 is 20.9 Å². The van der Waals surface area contributed by atoms with Crippen molar-refractivity contribution in [2.45, 2.75) is 38.5 Å². The molecule has 2 atom stereocenters. The van der Waals surface area contributed by atoms with E-state index in [-0.39, 0.29) is 0 Å². The third kappa shape index (κ3) is 8.20. The van der Waals surface area contributed by atoms with Gasteiger partial charge in [-0.25, -0.2) is 4.79 Å². The molecule has 0 aromatic rings. The standard InChI is InChI=1S/C9H17N5O4/c1-6(13-14-11)18-9(17)12-5-3-2-4-7(10)8(15)16/h6-7H,2-5,10H2,1H3,(H,12,17)(H,15,16)/t6?,7-/m0/s1. The van der Waals surface area contributed by atoms with Crippen molar-refractivity contribution in [3.05, 3.63) is 10.4 Å². The maximum Gasteiger partial charge on any atom is 0.407 e. The fourth-order valence-corrected chi connectivity index (χ4v) is 1.10. The van der Waals surface area contributed by atoms with Gasteiger partial charge in [0.15, 0.2) is 6.23 Å². The number of hydrogen-bond acceptors (Lipinski definition) is 5. The summed E-state index contributed by atoms with van der Waals surface area (Å²) in [4.78, 5) is 24.0. The van der Waals surface area contributed by atoms with Gasteiger partial charge in [-0.2, -0.15) is 0 Å². The highest BCUT2D eigenvalue weighted by Gasteiger charge is 2.10. The van der Waals surface area contributed by atoms with Crippen molar-refractivity contribution in [3.8, 4) is 0 Å². The van der Waals surface area contributed by atoms with E-state index in [1.54, 1.807) is 0 Å². The number of unbranched alkanes of at least 4 members (excludes halogenated alkanes) is 1. The Morgan fingerprint density at radius 3 is 2.78 bits per heavy atom. The van der Waals surface area contributed by atoms with Crippen LogP contribution >= 0.6 is 0 Å². The van der Waals surface area contributed by atoms with Crippen LogP contribution in [0.1, 0.15) is 26.2 Å². The normalized spacial score (nSPS) is 13.0. The van der Waals surface area contributed by atoms with Crippen LogP contribution in [-0.4, -0.2) is 36.0 Å². The molecular weight excluding hydrogens is 242 g/mol. The van der Waals surface area contributed by atoms with E-state index in [9.17, 15) is 9.59 Å². The minimum absolute atomic E-state index is 0.341. The van der Waals surface area contributed by atoms with Gasteiger partial charge in [-0.05, 0) is 36.8 Å². The molecule has 9 heteroatoms. The number of carbonyl (C=O) groups excluding carboxylic acids is 1. The summed E-state index contributed by atoms with van der Waals surface area (Å²) in [5.41, 5.74) is 13.4. The summed E-state index contributed by atoms with van der Waals surface area (Å²) in [6, 6.07) is -0.873. The molecule has 0 spiro atoms. The third-order valence-corrected chi connectivity index (χ3v) is 2.02. The predicted molar refractivity (Wildman–Crippen MR) is 62.6 cm³/mol. The lowest BCUT2D eigenvalue weighted by molar-refractivity contribution is -0.138. The Morgan fingerprint density at radius 1 is 1.56 bits per heavy atom. The molecule has 0 bridgehead atoms. The Bertz CT molecular complexity index is 329. The van der Waals surface area contributed by atoms with Crippen LogP contribution in [0.5, 0.6) is 0 Å². The van der Waals surface area contributed by atoms with Gasteiger partial charge in [0.05, 0.1) is 0 Å². The molecule has 4 N–H and O–H groups in total. The van der Waals surface area contributed by atoms with Gasteiger partial charge >= 0.3 is 12.1 Å². The number of nitrogens with one attached hydrogen (secondary N) is 1. The topological polar surface area (TPSA) is 150 Å². The number of azide groups is 1. The third-order valence-electron chi connectivity index (χ3n) is 2.02. The maximum atomic E-state index is 11.1. The van der Waals surface area contributed by atoms with Crippen LogP contribution in [-0.2, 0) is 9.53 Å². The van der Waals surface area contributed by atoms with Gasteiger partial charge in [-0.15, -0.1) is 0 Å². The summed E-state index contributed by atoms with van der Waals surface area (Å²) in [5.74, 6) is -1.04. The number of rotatable bonds is 8. The average molecular weight is 259 g/mol. The second-order valence-corrected chi connectivity index (χ2v) is 3.58. The Balaban J connectivity index is 3.57. The summed E-state index contributed by atoms with van der Waals surface area (Å²) < 4.78 is 4.67. The van der Waals surface area contributed by atoms with Crippen molar-refractivity contribution in [3.63, 3.8) is 0 Å². The van der Waals surface area contributed by atoms with Crippen LogP contribution in [0.3, 0.4) is 0 Å². The van der Waals surface area contributed by atoms with E-state index >= 15 is 0 Å². The van der Waals surface area contributed by atoms with E-state index < -0.39 is 24.3 Å². The number of ether oxygens (including phenoxy) is 1. The van der Waals surface area contributed by atoms with Gasteiger partial charge in [0, 0.05) is 11.5 Å². The summed E-state index contributed by atoms with van der Waals surface area (Å²) >= 11 is 0. The van der Waals surface area contributed by atoms with E-state index in [1.807, 2.05) is 0 Å². The largest absolute Gasteiger partial charge is 0.480 e. The fourth-order valence-electron chi connectivity index (χ4n) is 1.10. The van der Waals surface area contributed by atoms with Crippen molar-refractivity contribution in [1.29, 1.82) is 0 Å². The number of carboxylic acid groups (broad SMARTS) is 1. The van der Waals surface area contributed by atoms with Crippen LogP contribution in [0.25, 0.3) is 10.4 Å². The van der Waals surface area contributed by atoms with E-state index in [0.717, 1.165) is 0 Å². The van der Waals surface area contributed by atoms with Crippen molar-refractivity contribution in [1.82, 2.24) is 5.32 Å². The fraction of sp³-hybridized carbons (Fsp3) is 0.778. The molecule has 0 aliphatic heterocycles. The first-order valence-corrected chi connectivity index (χ1v) is 5.44. The molecule has 0 aliphatic rings. The molecule has 9 nitrogen and oxygen atoms in total. The number of nitrogens with zero attached hydrogens (tertiary/aromatic N) is 3. The van der Waals surface area contributed by atoms with Crippen LogP contribution in [0.4, 0.5) is 4.79 Å². The minimum Gasteiger partial charge on any atom is -0.480 e. The maximum absolute atomic E-state index is 11.1. The van der Waals surface area contributed by atoms with Crippen LogP contribution in [0.2, 0.25) is 0 Å². The molecule has 1 amide bonds. The first-order chi connectivity index (χ1) is 8.47. The van der Waals surface area contributed by atoms with Crippen molar-refractivity contribution >= 4 is 12.1 Å². The lowest BCUT2D eigenvalue weighted by Crippen LogP contribution is -2.31. The molecule has 0 aliphatic carbocycles. The molecule has 0 aromatic carbocycles. The molecule has 0 radical (unpaired) electrons. The van der Waals surface area contributed by atoms with Gasteiger partial charge in [-0.1, -0.05) is 0 Å². The first kappa shape index (κ1) is 16.0. The molecule has 0 heterocycles. The molecule has 0 saturated heterocycles. The summed E-state index contributed by atoms with van der Waals surface area (Å²) in [7, 11) is 0. The highest BCUT2D eigenvalue weighted by atomic mass is 16.6. The Labute approximate surface area is 104 Å². The quantitative estimate of drug-likeness (QED) is 0.256. The van der Waals surface area contributed by atoms with E-state index in [2.05, 4.69) is 20.1 Å². The van der Waals surface area contributed by atoms with Gasteiger partial charge in [0.1, 0.15) is 6.04 Å². The van der Waals surface area contributed by atoms with Crippen LogP contribution in [0.15, 0.2) is 5.11 Å². The Hall–Kier alpha value is -1.99. The molecule has 0 saturated carbocycles. The molecular formula is C9H17N5O4. The zero-order chi connectivity index (χ0) is 14.0. The number of hydrogen-bond donors (Lipinski definition) is 3. The smallest absolute Gasteiger partial charge is 0.407 e. The monoisotopic (exact) mass is 259 g/mol.